The fourth-order valence-electron chi connectivity index (χ4n) is 1.17. The molecule has 4 nitrogen and oxygen atoms in total. The zero-order valence-corrected chi connectivity index (χ0v) is 8.92. The minimum Gasteiger partial charge on any atom is -0.382 e. The van der Waals surface area contributed by atoms with Crippen LogP contribution >= 0.6 is 0 Å². The first-order valence-corrected chi connectivity index (χ1v) is 4.83. The quantitative estimate of drug-likeness (QED) is 0.473. The Balaban J connectivity index is 2.49. The number of aromatic nitrogens is 1. The van der Waals surface area contributed by atoms with Gasteiger partial charge in [0.05, 0.1) is 19.6 Å². The second-order valence-electron chi connectivity index (χ2n) is 3.34. The van der Waals surface area contributed by atoms with Gasteiger partial charge in [-0.2, -0.15) is 13.2 Å². The summed E-state index contributed by atoms with van der Waals surface area (Å²) in [5.41, 5.74) is 6.01. The standard InChI is InChI=1S/C10H12F3N3O/c11-10(12,13)3-5-17-6-7-2-1-4-16-8(7)9(14)15/h1-2,4H,3,5-6H2,(H3,14,15). The molecule has 0 fully saturated rings. The fraction of sp³-hybridized carbons (Fsp3) is 0.400. The smallest absolute Gasteiger partial charge is 0.382 e. The van der Waals surface area contributed by atoms with Crippen molar-refractivity contribution >= 4 is 5.84 Å². The number of halogens is 3. The number of ether oxygens (including phenoxy) is 1. The van der Waals surface area contributed by atoms with Gasteiger partial charge in [-0.25, -0.2) is 0 Å². The van der Waals surface area contributed by atoms with E-state index in [0.717, 1.165) is 0 Å². The van der Waals surface area contributed by atoms with E-state index in [1.807, 2.05) is 0 Å². The second-order valence-corrected chi connectivity index (χ2v) is 3.34. The molecular formula is C10H12F3N3O. The zero-order valence-electron chi connectivity index (χ0n) is 8.92. The van der Waals surface area contributed by atoms with Crippen molar-refractivity contribution in [3.63, 3.8) is 0 Å². The van der Waals surface area contributed by atoms with Crippen molar-refractivity contribution in [2.75, 3.05) is 6.61 Å². The molecule has 0 aromatic carbocycles. The van der Waals surface area contributed by atoms with Crippen LogP contribution in [-0.2, 0) is 11.3 Å². The van der Waals surface area contributed by atoms with Crippen molar-refractivity contribution in [2.24, 2.45) is 5.73 Å². The van der Waals surface area contributed by atoms with Crippen LogP contribution in [0.4, 0.5) is 13.2 Å². The first-order chi connectivity index (χ1) is 7.90. The third kappa shape index (κ3) is 4.81. The van der Waals surface area contributed by atoms with Crippen molar-refractivity contribution in [3.8, 4) is 0 Å². The number of nitrogens with zero attached hydrogens (tertiary/aromatic N) is 1. The van der Waals surface area contributed by atoms with Gasteiger partial charge in [-0.1, -0.05) is 6.07 Å². The fourth-order valence-corrected chi connectivity index (χ4v) is 1.17. The molecule has 0 aliphatic carbocycles. The lowest BCUT2D eigenvalue weighted by Crippen LogP contribution is -2.17. The molecular weight excluding hydrogens is 235 g/mol. The van der Waals surface area contributed by atoms with Gasteiger partial charge in [0.25, 0.3) is 0 Å². The first-order valence-electron chi connectivity index (χ1n) is 4.83. The maximum atomic E-state index is 11.8. The summed E-state index contributed by atoms with van der Waals surface area (Å²) in [4.78, 5) is 3.85. The van der Waals surface area contributed by atoms with E-state index in [9.17, 15) is 13.2 Å². The van der Waals surface area contributed by atoms with Crippen molar-refractivity contribution in [1.82, 2.24) is 4.98 Å². The highest BCUT2D eigenvalue weighted by molar-refractivity contribution is 5.94. The molecule has 3 N–H and O–H groups in total. The molecule has 17 heavy (non-hydrogen) atoms. The van der Waals surface area contributed by atoms with Crippen LogP contribution in [0, 0.1) is 5.41 Å². The first kappa shape index (κ1) is 13.4. The molecule has 0 radical (unpaired) electrons. The molecule has 0 aliphatic heterocycles. The topological polar surface area (TPSA) is 72.0 Å². The van der Waals surface area contributed by atoms with Gasteiger partial charge in [0.1, 0.15) is 11.5 Å². The van der Waals surface area contributed by atoms with Gasteiger partial charge in [-0.3, -0.25) is 10.4 Å². The molecule has 0 saturated carbocycles. The number of amidine groups is 1. The van der Waals surface area contributed by atoms with E-state index in [1.165, 1.54) is 6.20 Å². The summed E-state index contributed by atoms with van der Waals surface area (Å²) < 4.78 is 40.4. The summed E-state index contributed by atoms with van der Waals surface area (Å²) in [5.74, 6) is -0.236. The highest BCUT2D eigenvalue weighted by atomic mass is 19.4. The van der Waals surface area contributed by atoms with E-state index in [0.29, 0.717) is 5.56 Å². The third-order valence-electron chi connectivity index (χ3n) is 1.93. The molecule has 1 aromatic heterocycles. The monoisotopic (exact) mass is 247 g/mol. The Morgan fingerprint density at radius 3 is 2.76 bits per heavy atom. The van der Waals surface area contributed by atoms with Gasteiger partial charge in [0.2, 0.25) is 0 Å². The minimum absolute atomic E-state index is 0.0428. The number of alkyl halides is 3. The van der Waals surface area contributed by atoms with Gasteiger partial charge >= 0.3 is 6.18 Å². The van der Waals surface area contributed by atoms with Crippen LogP contribution in [0.25, 0.3) is 0 Å². The van der Waals surface area contributed by atoms with Crippen molar-refractivity contribution < 1.29 is 17.9 Å². The normalized spacial score (nSPS) is 11.5. The Labute approximate surface area is 96.1 Å². The third-order valence-corrected chi connectivity index (χ3v) is 1.93. The Morgan fingerprint density at radius 1 is 1.47 bits per heavy atom. The average Bonchev–Trinajstić information content (AvgIpc) is 2.23. The van der Waals surface area contributed by atoms with Crippen LogP contribution < -0.4 is 5.73 Å². The molecule has 1 heterocycles. The number of pyridine rings is 1. The number of nitrogen functional groups attached to an aromatic ring is 1. The van der Waals surface area contributed by atoms with Crippen LogP contribution in [0.3, 0.4) is 0 Å². The SMILES string of the molecule is N=C(N)c1ncccc1COCCC(F)(F)F. The van der Waals surface area contributed by atoms with Crippen LogP contribution in [0.2, 0.25) is 0 Å². The molecule has 7 heteroatoms. The summed E-state index contributed by atoms with van der Waals surface area (Å²) in [7, 11) is 0. The number of hydrogen-bond acceptors (Lipinski definition) is 3. The number of hydrogen-bond donors (Lipinski definition) is 2. The lowest BCUT2D eigenvalue weighted by atomic mass is 10.2. The number of rotatable bonds is 5. The highest BCUT2D eigenvalue weighted by Gasteiger charge is 2.26. The number of nitrogens with one attached hydrogen (secondary N) is 1. The van der Waals surface area contributed by atoms with Crippen molar-refractivity contribution in [3.05, 3.63) is 29.6 Å². The molecule has 0 spiro atoms. The van der Waals surface area contributed by atoms with Gasteiger partial charge in [0.15, 0.2) is 0 Å². The summed E-state index contributed by atoms with van der Waals surface area (Å²) in [6.07, 6.45) is -3.77. The van der Waals surface area contributed by atoms with Gasteiger partial charge < -0.3 is 10.5 Å². The van der Waals surface area contributed by atoms with Crippen LogP contribution in [0.5, 0.6) is 0 Å². The molecule has 94 valence electrons. The predicted octanol–water partition coefficient (Wildman–Crippen LogP) is 1.83. The van der Waals surface area contributed by atoms with E-state index < -0.39 is 19.2 Å². The Kier molecular flexibility index (Phi) is 4.45. The van der Waals surface area contributed by atoms with Gasteiger partial charge in [-0.15, -0.1) is 0 Å². The lowest BCUT2D eigenvalue weighted by molar-refractivity contribution is -0.146. The van der Waals surface area contributed by atoms with Crippen molar-refractivity contribution in [2.45, 2.75) is 19.2 Å². The summed E-state index contributed by atoms with van der Waals surface area (Å²) >= 11 is 0. The maximum absolute atomic E-state index is 11.8. The Hall–Kier alpha value is -1.63. The molecule has 0 saturated heterocycles. The molecule has 0 atom stereocenters. The average molecular weight is 247 g/mol. The predicted molar refractivity (Wildman–Crippen MR) is 55.6 cm³/mol. The minimum atomic E-state index is -4.22. The summed E-state index contributed by atoms with van der Waals surface area (Å²) in [6, 6.07) is 3.21. The van der Waals surface area contributed by atoms with Gasteiger partial charge in [0, 0.05) is 11.8 Å². The van der Waals surface area contributed by atoms with Crippen LogP contribution in [0.15, 0.2) is 18.3 Å². The summed E-state index contributed by atoms with van der Waals surface area (Å²) in [6.45, 7) is -0.464. The van der Waals surface area contributed by atoms with E-state index in [4.69, 9.17) is 15.9 Å². The zero-order chi connectivity index (χ0) is 12.9. The Bertz CT molecular complexity index is 393. The molecule has 1 rings (SSSR count). The molecule has 0 aliphatic rings. The maximum Gasteiger partial charge on any atom is 0.391 e. The van der Waals surface area contributed by atoms with E-state index in [2.05, 4.69) is 4.98 Å². The van der Waals surface area contributed by atoms with E-state index >= 15 is 0 Å². The van der Waals surface area contributed by atoms with Crippen LogP contribution in [0.1, 0.15) is 17.7 Å². The van der Waals surface area contributed by atoms with Gasteiger partial charge in [-0.05, 0) is 6.07 Å². The van der Waals surface area contributed by atoms with E-state index in [1.54, 1.807) is 12.1 Å². The highest BCUT2D eigenvalue weighted by Crippen LogP contribution is 2.19. The summed E-state index contributed by atoms with van der Waals surface area (Å²) in [5, 5.41) is 7.24. The van der Waals surface area contributed by atoms with E-state index in [-0.39, 0.29) is 18.1 Å². The molecule has 0 bridgehead atoms. The largest absolute Gasteiger partial charge is 0.391 e. The second kappa shape index (κ2) is 5.62. The number of nitrogens with two attached hydrogens (primary N) is 1. The molecule has 0 unspecified atom stereocenters. The Morgan fingerprint density at radius 2 is 2.18 bits per heavy atom. The molecule has 1 aromatic rings. The van der Waals surface area contributed by atoms with Crippen molar-refractivity contribution in [1.29, 1.82) is 5.41 Å². The van der Waals surface area contributed by atoms with Crippen LogP contribution in [-0.4, -0.2) is 23.6 Å². The lowest BCUT2D eigenvalue weighted by Gasteiger charge is -2.09. The molecule has 0 amide bonds.